The molecular weight excluding hydrogens is 373 g/mol. The van der Waals surface area contributed by atoms with Crippen LogP contribution in [-0.4, -0.2) is 0 Å². The molecule has 1 aromatic carbocycles. The summed E-state index contributed by atoms with van der Waals surface area (Å²) < 4.78 is 41.4. The molecule has 1 aromatic heterocycles. The van der Waals surface area contributed by atoms with Gasteiger partial charge in [0.05, 0.1) is 10.5 Å². The van der Waals surface area contributed by atoms with Crippen LogP contribution in [0.3, 0.4) is 0 Å². The summed E-state index contributed by atoms with van der Waals surface area (Å²) in [6.45, 7) is 2.05. The van der Waals surface area contributed by atoms with E-state index in [2.05, 4.69) is 6.92 Å². The smallest absolute Gasteiger partial charge is 0.600 e. The number of rotatable bonds is 3. The standard InChI is InChI=1S/C17H20F3S.BrH/c1-2-5-12-8-9-14-11-16(13-6-3-4-7-13)21(15(14)10-12)17(18,19)20;/h8-11,13H,2-7H2,1H3;1H/q+1;/p-1. The Morgan fingerprint density at radius 1 is 1.14 bits per heavy atom. The number of aryl methyl sites for hydroxylation is 1. The molecule has 1 atom stereocenters. The number of thiophene rings is 1. The minimum atomic E-state index is -4.15. The number of fused-ring (bicyclic) bond motifs is 1. The van der Waals surface area contributed by atoms with Crippen LogP contribution in [0.1, 0.15) is 55.4 Å². The van der Waals surface area contributed by atoms with Gasteiger partial charge in [0.15, 0.2) is 9.58 Å². The lowest BCUT2D eigenvalue weighted by Gasteiger charge is -2.05. The molecule has 0 N–H and O–H groups in total. The number of benzene rings is 1. The molecule has 2 aromatic rings. The van der Waals surface area contributed by atoms with Crippen LogP contribution >= 0.6 is 10.5 Å². The highest BCUT2D eigenvalue weighted by Gasteiger charge is 2.49. The Balaban J connectivity index is 0.00000176. The van der Waals surface area contributed by atoms with Crippen LogP contribution < -0.4 is 17.0 Å². The first-order chi connectivity index (χ1) is 10.0. The van der Waals surface area contributed by atoms with Crippen molar-refractivity contribution >= 4 is 20.6 Å². The average molecular weight is 393 g/mol. The van der Waals surface area contributed by atoms with Gasteiger partial charge in [-0.1, -0.05) is 32.3 Å². The molecule has 5 heteroatoms. The van der Waals surface area contributed by atoms with Gasteiger partial charge in [0.2, 0.25) is 0 Å². The van der Waals surface area contributed by atoms with Crippen LogP contribution in [0.15, 0.2) is 24.3 Å². The van der Waals surface area contributed by atoms with E-state index in [9.17, 15) is 13.2 Å². The third-order valence-electron chi connectivity index (χ3n) is 4.36. The van der Waals surface area contributed by atoms with Crippen LogP contribution in [0.4, 0.5) is 13.2 Å². The van der Waals surface area contributed by atoms with Crippen molar-refractivity contribution in [3.05, 3.63) is 34.7 Å². The molecule has 1 saturated carbocycles. The highest BCUT2D eigenvalue weighted by Crippen LogP contribution is 2.55. The van der Waals surface area contributed by atoms with Crippen molar-refractivity contribution in [2.45, 2.75) is 56.9 Å². The van der Waals surface area contributed by atoms with Crippen molar-refractivity contribution in [2.24, 2.45) is 0 Å². The van der Waals surface area contributed by atoms with E-state index >= 15 is 0 Å². The third-order valence-corrected chi connectivity index (χ3v) is 6.54. The molecule has 0 amide bonds. The Hall–Kier alpha value is -0.550. The molecule has 3 rings (SSSR count). The fourth-order valence-electron chi connectivity index (χ4n) is 3.41. The fourth-order valence-corrected chi connectivity index (χ4v) is 5.63. The maximum absolute atomic E-state index is 13.6. The fraction of sp³-hybridized carbons (Fsp3) is 0.529. The van der Waals surface area contributed by atoms with E-state index in [1.54, 1.807) is 6.07 Å². The zero-order valence-corrected chi connectivity index (χ0v) is 15.0. The first kappa shape index (κ1) is 17.8. The second-order valence-corrected chi connectivity index (χ2v) is 7.89. The zero-order valence-electron chi connectivity index (χ0n) is 12.5. The molecule has 22 heavy (non-hydrogen) atoms. The summed E-state index contributed by atoms with van der Waals surface area (Å²) in [5.41, 5.74) is -3.12. The van der Waals surface area contributed by atoms with Crippen molar-refractivity contribution < 1.29 is 30.2 Å². The predicted octanol–water partition coefficient (Wildman–Crippen LogP) is 3.68. The Morgan fingerprint density at radius 2 is 1.82 bits per heavy atom. The first-order valence-electron chi connectivity index (χ1n) is 7.66. The Kier molecular flexibility index (Phi) is 5.59. The monoisotopic (exact) mass is 392 g/mol. The van der Waals surface area contributed by atoms with Gasteiger partial charge in [0.25, 0.3) is 0 Å². The van der Waals surface area contributed by atoms with Crippen molar-refractivity contribution in [3.8, 4) is 0 Å². The second-order valence-electron chi connectivity index (χ2n) is 5.90. The topological polar surface area (TPSA) is 0 Å². The van der Waals surface area contributed by atoms with Gasteiger partial charge in [-0.25, -0.2) is 0 Å². The summed E-state index contributed by atoms with van der Waals surface area (Å²) in [6.07, 6.45) is 5.77. The minimum absolute atomic E-state index is 0. The van der Waals surface area contributed by atoms with Crippen molar-refractivity contribution in [1.29, 1.82) is 0 Å². The van der Waals surface area contributed by atoms with E-state index in [-0.39, 0.29) is 22.9 Å². The second kappa shape index (κ2) is 6.91. The lowest BCUT2D eigenvalue weighted by molar-refractivity contribution is -0.0868. The SMILES string of the molecule is CCCc1ccc2cc(C3CCCC3)[s+](C(F)(F)F)c2c1.[Br-]. The van der Waals surface area contributed by atoms with Crippen LogP contribution in [0.25, 0.3) is 10.1 Å². The lowest BCUT2D eigenvalue weighted by atomic mass is 10.1. The summed E-state index contributed by atoms with van der Waals surface area (Å²) in [6, 6.07) is 7.49. The predicted molar refractivity (Wildman–Crippen MR) is 82.9 cm³/mol. The van der Waals surface area contributed by atoms with E-state index in [0.29, 0.717) is 9.58 Å². The summed E-state index contributed by atoms with van der Waals surface area (Å²) >= 11 is 0. The highest BCUT2D eigenvalue weighted by atomic mass is 79.9. The van der Waals surface area contributed by atoms with E-state index < -0.39 is 16.0 Å². The van der Waals surface area contributed by atoms with Crippen LogP contribution in [0.5, 0.6) is 0 Å². The molecule has 0 aliphatic heterocycles. The lowest BCUT2D eigenvalue weighted by Crippen LogP contribution is -3.00. The Morgan fingerprint density at radius 3 is 2.41 bits per heavy atom. The van der Waals surface area contributed by atoms with Crippen LogP contribution in [0, 0.1) is 0 Å². The molecular formula is C17H20BrF3S. The van der Waals surface area contributed by atoms with Crippen molar-refractivity contribution in [1.82, 2.24) is 0 Å². The van der Waals surface area contributed by atoms with Gasteiger partial charge >= 0.3 is 5.51 Å². The maximum atomic E-state index is 13.6. The van der Waals surface area contributed by atoms with Gasteiger partial charge in [0.1, 0.15) is 0 Å². The number of hydrogen-bond donors (Lipinski definition) is 0. The Bertz CT molecular complexity index is 639. The average Bonchev–Trinajstić information content (AvgIpc) is 3.04. The largest absolute Gasteiger partial charge is 1.00 e. The normalized spacial score (nSPS) is 17.0. The maximum Gasteiger partial charge on any atom is 0.600 e. The summed E-state index contributed by atoms with van der Waals surface area (Å²) in [7, 11) is -1.70. The number of hydrogen-bond acceptors (Lipinski definition) is 0. The molecule has 0 bridgehead atoms. The quantitative estimate of drug-likeness (QED) is 0.698. The van der Waals surface area contributed by atoms with Gasteiger partial charge < -0.3 is 17.0 Å². The highest BCUT2D eigenvalue weighted by molar-refractivity contribution is 7.38. The summed E-state index contributed by atoms with van der Waals surface area (Å²) in [5.74, 6) is 0.136. The van der Waals surface area contributed by atoms with Crippen molar-refractivity contribution in [3.63, 3.8) is 0 Å². The number of halogens is 4. The first-order valence-corrected chi connectivity index (χ1v) is 8.89. The Labute approximate surface area is 142 Å². The van der Waals surface area contributed by atoms with Crippen LogP contribution in [0.2, 0.25) is 0 Å². The van der Waals surface area contributed by atoms with Crippen LogP contribution in [-0.2, 0) is 11.9 Å². The molecule has 1 fully saturated rings. The van der Waals surface area contributed by atoms with Crippen molar-refractivity contribution in [2.75, 3.05) is 0 Å². The van der Waals surface area contributed by atoms with E-state index in [1.165, 1.54) is 0 Å². The van der Waals surface area contributed by atoms with E-state index in [0.717, 1.165) is 49.5 Å². The molecule has 1 heterocycles. The zero-order chi connectivity index (χ0) is 15.0. The molecule has 122 valence electrons. The third kappa shape index (κ3) is 3.35. The molecule has 0 spiro atoms. The molecule has 1 unspecified atom stereocenters. The number of alkyl halides is 3. The van der Waals surface area contributed by atoms with Gasteiger partial charge in [-0.15, -0.1) is 13.2 Å². The van der Waals surface area contributed by atoms with E-state index in [1.807, 2.05) is 18.2 Å². The molecule has 1 aliphatic rings. The summed E-state index contributed by atoms with van der Waals surface area (Å²) in [4.78, 5) is 0.642. The van der Waals surface area contributed by atoms with Gasteiger partial charge in [-0.2, -0.15) is 0 Å². The van der Waals surface area contributed by atoms with Gasteiger partial charge in [-0.05, 0) is 30.9 Å². The molecule has 1 aliphatic carbocycles. The molecule has 0 radical (unpaired) electrons. The minimum Gasteiger partial charge on any atom is -1.00 e. The molecule has 0 saturated heterocycles. The van der Waals surface area contributed by atoms with Gasteiger partial charge in [-0.3, -0.25) is 0 Å². The molecule has 0 nitrogen and oxygen atoms in total. The van der Waals surface area contributed by atoms with Gasteiger partial charge in [0, 0.05) is 23.4 Å². The van der Waals surface area contributed by atoms with E-state index in [4.69, 9.17) is 0 Å². The summed E-state index contributed by atoms with van der Waals surface area (Å²) in [5, 5.41) is 0.789.